The summed E-state index contributed by atoms with van der Waals surface area (Å²) in [7, 11) is 0. The molecule has 27 heavy (non-hydrogen) atoms. The molecule has 4 rings (SSSR count). The normalized spacial score (nSPS) is 10.8. The molecule has 0 radical (unpaired) electrons. The Kier molecular flexibility index (Phi) is 4.51. The average Bonchev–Trinajstić information content (AvgIpc) is 3.08. The SMILES string of the molecule is Cc1ccc(N=c2oc(-c3ccccc3C)c(-c3ccccc3C)o2)cc1. The van der Waals surface area contributed by atoms with Gasteiger partial charge in [-0.2, -0.15) is 4.99 Å². The summed E-state index contributed by atoms with van der Waals surface area (Å²) in [6.07, 6.45) is 0. The van der Waals surface area contributed by atoms with E-state index in [0.29, 0.717) is 11.5 Å². The van der Waals surface area contributed by atoms with E-state index in [-0.39, 0.29) is 5.75 Å². The highest BCUT2D eigenvalue weighted by atomic mass is 16.5. The first-order valence-corrected chi connectivity index (χ1v) is 8.99. The van der Waals surface area contributed by atoms with Gasteiger partial charge in [0.25, 0.3) is 0 Å². The summed E-state index contributed by atoms with van der Waals surface area (Å²) in [5.74, 6) is 1.65. The van der Waals surface area contributed by atoms with E-state index in [4.69, 9.17) is 8.83 Å². The molecule has 0 spiro atoms. The van der Waals surface area contributed by atoms with Crippen molar-refractivity contribution in [2.45, 2.75) is 20.8 Å². The van der Waals surface area contributed by atoms with Gasteiger partial charge in [0.1, 0.15) is 0 Å². The molecular formula is C24H21NO2. The summed E-state index contributed by atoms with van der Waals surface area (Å²) < 4.78 is 12.2. The largest absolute Gasteiger partial charge is 0.406 e. The van der Waals surface area contributed by atoms with Crippen LogP contribution in [0.3, 0.4) is 0 Å². The van der Waals surface area contributed by atoms with Crippen molar-refractivity contribution in [2.75, 3.05) is 0 Å². The van der Waals surface area contributed by atoms with Crippen molar-refractivity contribution < 1.29 is 8.83 Å². The lowest BCUT2D eigenvalue weighted by Gasteiger charge is -2.05. The second-order valence-corrected chi connectivity index (χ2v) is 6.71. The van der Waals surface area contributed by atoms with Crippen LogP contribution in [0.1, 0.15) is 16.7 Å². The number of aryl methyl sites for hydroxylation is 3. The van der Waals surface area contributed by atoms with Gasteiger partial charge in [-0.05, 0) is 44.0 Å². The number of hydrogen-bond acceptors (Lipinski definition) is 3. The molecule has 0 aliphatic rings. The summed E-state index contributed by atoms with van der Waals surface area (Å²) in [6, 6.07) is 24.2. The lowest BCUT2D eigenvalue weighted by Crippen LogP contribution is -1.92. The van der Waals surface area contributed by atoms with Gasteiger partial charge in [0, 0.05) is 11.1 Å². The van der Waals surface area contributed by atoms with Crippen LogP contribution in [-0.2, 0) is 0 Å². The molecule has 0 unspecified atom stereocenters. The van der Waals surface area contributed by atoms with E-state index >= 15 is 0 Å². The molecule has 3 heteroatoms. The van der Waals surface area contributed by atoms with Crippen LogP contribution in [0.15, 0.2) is 86.6 Å². The predicted octanol–water partition coefficient (Wildman–Crippen LogP) is 6.36. The Hall–Kier alpha value is -3.33. The topological polar surface area (TPSA) is 38.6 Å². The predicted molar refractivity (Wildman–Crippen MR) is 108 cm³/mol. The van der Waals surface area contributed by atoms with E-state index in [2.05, 4.69) is 31.0 Å². The van der Waals surface area contributed by atoms with E-state index in [9.17, 15) is 0 Å². The van der Waals surface area contributed by atoms with Gasteiger partial charge in [0.2, 0.25) is 0 Å². The molecule has 4 aromatic rings. The Morgan fingerprint density at radius 3 is 1.56 bits per heavy atom. The van der Waals surface area contributed by atoms with Crippen molar-refractivity contribution in [3.8, 4) is 22.6 Å². The fraction of sp³-hybridized carbons (Fsp3) is 0.125. The first-order chi connectivity index (χ1) is 13.1. The first kappa shape index (κ1) is 17.1. The van der Waals surface area contributed by atoms with Crippen LogP contribution >= 0.6 is 0 Å². The van der Waals surface area contributed by atoms with Crippen molar-refractivity contribution >= 4 is 5.69 Å². The first-order valence-electron chi connectivity index (χ1n) is 8.99. The highest BCUT2D eigenvalue weighted by Crippen LogP contribution is 2.34. The molecule has 0 bridgehead atoms. The zero-order valence-corrected chi connectivity index (χ0v) is 15.7. The third-order valence-electron chi connectivity index (χ3n) is 4.62. The summed E-state index contributed by atoms with van der Waals surface area (Å²) >= 11 is 0. The number of hydrogen-bond donors (Lipinski definition) is 0. The van der Waals surface area contributed by atoms with Gasteiger partial charge < -0.3 is 8.83 Å². The maximum atomic E-state index is 6.09. The Morgan fingerprint density at radius 1 is 0.593 bits per heavy atom. The Labute approximate surface area is 158 Å². The molecule has 0 saturated heterocycles. The third kappa shape index (κ3) is 3.49. The number of nitrogens with zero attached hydrogens (tertiary/aromatic N) is 1. The van der Waals surface area contributed by atoms with Crippen LogP contribution < -0.4 is 5.75 Å². The third-order valence-corrected chi connectivity index (χ3v) is 4.62. The molecule has 134 valence electrons. The minimum Gasteiger partial charge on any atom is -0.406 e. The molecule has 3 aromatic carbocycles. The van der Waals surface area contributed by atoms with Crippen molar-refractivity contribution in [1.82, 2.24) is 0 Å². The van der Waals surface area contributed by atoms with Crippen molar-refractivity contribution in [3.05, 3.63) is 95.2 Å². The van der Waals surface area contributed by atoms with Gasteiger partial charge in [-0.25, -0.2) is 0 Å². The highest BCUT2D eigenvalue weighted by molar-refractivity contribution is 5.78. The van der Waals surface area contributed by atoms with Gasteiger partial charge in [-0.15, -0.1) is 0 Å². The van der Waals surface area contributed by atoms with Gasteiger partial charge in [-0.1, -0.05) is 66.2 Å². The van der Waals surface area contributed by atoms with E-state index in [0.717, 1.165) is 27.9 Å². The van der Waals surface area contributed by atoms with Crippen LogP contribution in [0.4, 0.5) is 5.69 Å². The molecular weight excluding hydrogens is 334 g/mol. The van der Waals surface area contributed by atoms with Crippen molar-refractivity contribution in [3.63, 3.8) is 0 Å². The summed E-state index contributed by atoms with van der Waals surface area (Å²) in [5, 5.41) is 0. The minimum atomic E-state index is 0.246. The smallest absolute Gasteiger partial charge is 0.400 e. The zero-order chi connectivity index (χ0) is 18.8. The van der Waals surface area contributed by atoms with Gasteiger partial charge in [-0.3, -0.25) is 0 Å². The summed E-state index contributed by atoms with van der Waals surface area (Å²) in [6.45, 7) is 6.18. The fourth-order valence-corrected chi connectivity index (χ4v) is 3.07. The van der Waals surface area contributed by atoms with Crippen molar-refractivity contribution in [2.24, 2.45) is 4.99 Å². The molecule has 0 amide bonds. The van der Waals surface area contributed by atoms with E-state index in [1.54, 1.807) is 0 Å². The minimum absolute atomic E-state index is 0.246. The lowest BCUT2D eigenvalue weighted by molar-refractivity contribution is 0.376. The van der Waals surface area contributed by atoms with Crippen LogP contribution in [-0.4, -0.2) is 0 Å². The molecule has 0 saturated carbocycles. The van der Waals surface area contributed by atoms with Gasteiger partial charge in [0.15, 0.2) is 11.5 Å². The molecule has 0 N–H and O–H groups in total. The van der Waals surface area contributed by atoms with E-state index < -0.39 is 0 Å². The zero-order valence-electron chi connectivity index (χ0n) is 15.7. The Balaban J connectivity index is 1.94. The standard InChI is InChI=1S/C24H21NO2/c1-16-12-14-19(15-13-16)25-24-26-22(20-10-6-4-8-17(20)2)23(27-24)21-11-7-5-9-18(21)3/h4-15H,1-3H3. The Morgan fingerprint density at radius 2 is 1.07 bits per heavy atom. The van der Waals surface area contributed by atoms with Crippen molar-refractivity contribution in [1.29, 1.82) is 0 Å². The molecule has 0 aliphatic heterocycles. The lowest BCUT2D eigenvalue weighted by atomic mass is 10.0. The van der Waals surface area contributed by atoms with Gasteiger partial charge in [0.05, 0.1) is 5.69 Å². The van der Waals surface area contributed by atoms with Crippen LogP contribution in [0.25, 0.3) is 22.6 Å². The monoisotopic (exact) mass is 355 g/mol. The van der Waals surface area contributed by atoms with Crippen LogP contribution in [0, 0.1) is 20.8 Å². The average molecular weight is 355 g/mol. The van der Waals surface area contributed by atoms with Gasteiger partial charge >= 0.3 is 5.75 Å². The maximum Gasteiger partial charge on any atom is 0.400 e. The number of rotatable bonds is 3. The second-order valence-electron chi connectivity index (χ2n) is 6.71. The Bertz CT molecular complexity index is 1080. The molecule has 0 atom stereocenters. The molecule has 0 aliphatic carbocycles. The second kappa shape index (κ2) is 7.12. The summed E-state index contributed by atoms with van der Waals surface area (Å²) in [5.41, 5.74) is 6.24. The maximum absolute atomic E-state index is 6.09. The summed E-state index contributed by atoms with van der Waals surface area (Å²) in [4.78, 5) is 4.54. The molecule has 3 nitrogen and oxygen atoms in total. The number of benzene rings is 3. The molecule has 1 heterocycles. The van der Waals surface area contributed by atoms with E-state index in [1.807, 2.05) is 67.6 Å². The highest BCUT2D eigenvalue weighted by Gasteiger charge is 2.19. The molecule has 1 aromatic heterocycles. The molecule has 0 fully saturated rings. The van der Waals surface area contributed by atoms with Crippen LogP contribution in [0.5, 0.6) is 0 Å². The van der Waals surface area contributed by atoms with E-state index in [1.165, 1.54) is 5.56 Å². The van der Waals surface area contributed by atoms with Crippen LogP contribution in [0.2, 0.25) is 0 Å². The quantitative estimate of drug-likeness (QED) is 0.428. The fourth-order valence-electron chi connectivity index (χ4n) is 3.07.